The summed E-state index contributed by atoms with van der Waals surface area (Å²) in [4.78, 5) is 28.9. The highest BCUT2D eigenvalue weighted by Crippen LogP contribution is 2.31. The van der Waals surface area contributed by atoms with E-state index in [1.807, 2.05) is 17.0 Å². The van der Waals surface area contributed by atoms with E-state index < -0.39 is 0 Å². The second-order valence-electron chi connectivity index (χ2n) is 7.12. The zero-order valence-electron chi connectivity index (χ0n) is 16.1. The van der Waals surface area contributed by atoms with Crippen LogP contribution in [0.25, 0.3) is 0 Å². The minimum Gasteiger partial charge on any atom is -0.496 e. The maximum atomic E-state index is 13.2. The molecule has 2 aliphatic rings. The topological polar surface area (TPSA) is 68.3 Å². The molecule has 1 aromatic rings. The smallest absolute Gasteiger partial charge is 0.257 e. The Hall–Kier alpha value is -2.12. The largest absolute Gasteiger partial charge is 0.496 e. The van der Waals surface area contributed by atoms with E-state index in [1.165, 1.54) is 7.11 Å². The van der Waals surface area contributed by atoms with Crippen molar-refractivity contribution in [2.45, 2.75) is 18.9 Å². The van der Waals surface area contributed by atoms with Crippen LogP contribution >= 0.6 is 0 Å². The van der Waals surface area contributed by atoms with Gasteiger partial charge in [0, 0.05) is 33.3 Å². The lowest BCUT2D eigenvalue weighted by molar-refractivity contribution is -0.143. The van der Waals surface area contributed by atoms with Crippen LogP contribution in [0.4, 0.5) is 0 Å². The highest BCUT2D eigenvalue weighted by molar-refractivity contribution is 5.97. The lowest BCUT2D eigenvalue weighted by Crippen LogP contribution is -2.51. The highest BCUT2D eigenvalue weighted by Gasteiger charge is 2.32. The number of nitrogens with zero attached hydrogens (tertiary/aromatic N) is 2. The summed E-state index contributed by atoms with van der Waals surface area (Å²) in [7, 11) is 3.08. The van der Waals surface area contributed by atoms with E-state index >= 15 is 0 Å². The van der Waals surface area contributed by atoms with Crippen LogP contribution in [-0.4, -0.2) is 81.3 Å². The summed E-state index contributed by atoms with van der Waals surface area (Å²) in [6.07, 6.45) is 2.11. The number of amides is 2. The normalized spacial score (nSPS) is 19.6. The zero-order chi connectivity index (χ0) is 19.2. The molecule has 27 heavy (non-hydrogen) atoms. The van der Waals surface area contributed by atoms with E-state index in [2.05, 4.69) is 0 Å². The number of morpholine rings is 1. The summed E-state index contributed by atoms with van der Waals surface area (Å²) >= 11 is 0. The second-order valence-corrected chi connectivity index (χ2v) is 7.12. The Labute approximate surface area is 160 Å². The number of ether oxygens (including phenoxy) is 3. The van der Waals surface area contributed by atoms with Gasteiger partial charge in [-0.2, -0.15) is 0 Å². The third-order valence-electron chi connectivity index (χ3n) is 4.98. The summed E-state index contributed by atoms with van der Waals surface area (Å²) in [6.45, 7) is 2.75. The van der Waals surface area contributed by atoms with Crippen molar-refractivity contribution in [2.75, 3.05) is 53.6 Å². The van der Waals surface area contributed by atoms with Crippen molar-refractivity contribution in [1.82, 2.24) is 9.80 Å². The molecular weight excluding hydrogens is 348 g/mol. The van der Waals surface area contributed by atoms with Gasteiger partial charge in [-0.1, -0.05) is 12.1 Å². The molecule has 0 radical (unpaired) electrons. The molecule has 0 aromatic heterocycles. The Morgan fingerprint density at radius 1 is 1.22 bits per heavy atom. The quantitative estimate of drug-likeness (QED) is 0.686. The molecule has 0 N–H and O–H groups in total. The van der Waals surface area contributed by atoms with E-state index in [4.69, 9.17) is 14.2 Å². The van der Waals surface area contributed by atoms with Gasteiger partial charge in [-0.05, 0) is 30.9 Å². The Bertz CT molecular complexity index is 662. The van der Waals surface area contributed by atoms with Gasteiger partial charge in [0.25, 0.3) is 5.91 Å². The molecule has 0 spiro atoms. The van der Waals surface area contributed by atoms with Crippen molar-refractivity contribution in [2.24, 2.45) is 5.92 Å². The molecule has 1 aliphatic heterocycles. The summed E-state index contributed by atoms with van der Waals surface area (Å²) < 4.78 is 16.2. The van der Waals surface area contributed by atoms with Gasteiger partial charge < -0.3 is 24.0 Å². The van der Waals surface area contributed by atoms with Gasteiger partial charge in [0.05, 0.1) is 25.4 Å². The molecule has 0 bridgehead atoms. The minimum absolute atomic E-state index is 0.0457. The standard InChI is InChI=1S/C20H28N2O5/c1-25-14-19(23)21-9-10-27-16(12-21)13-22(11-15-7-8-15)20(24)17-5-3-4-6-18(17)26-2/h3-6,15-16H,7-14H2,1-2H3. The molecule has 7 nitrogen and oxygen atoms in total. The molecule has 1 aromatic carbocycles. The fraction of sp³-hybridized carbons (Fsp3) is 0.600. The number of benzene rings is 1. The molecule has 148 valence electrons. The van der Waals surface area contributed by atoms with Crippen LogP contribution in [0, 0.1) is 5.92 Å². The monoisotopic (exact) mass is 376 g/mol. The fourth-order valence-corrected chi connectivity index (χ4v) is 3.36. The van der Waals surface area contributed by atoms with Crippen LogP contribution < -0.4 is 4.74 Å². The molecular formula is C20H28N2O5. The van der Waals surface area contributed by atoms with Crippen molar-refractivity contribution < 1.29 is 23.8 Å². The van der Waals surface area contributed by atoms with Gasteiger partial charge in [0.1, 0.15) is 12.4 Å². The van der Waals surface area contributed by atoms with E-state index in [-0.39, 0.29) is 24.5 Å². The maximum Gasteiger partial charge on any atom is 0.257 e. The summed E-state index contributed by atoms with van der Waals surface area (Å²) in [6, 6.07) is 7.28. The van der Waals surface area contributed by atoms with Crippen molar-refractivity contribution in [1.29, 1.82) is 0 Å². The van der Waals surface area contributed by atoms with Gasteiger partial charge >= 0.3 is 0 Å². The first-order valence-electron chi connectivity index (χ1n) is 9.43. The molecule has 2 amide bonds. The minimum atomic E-state index is -0.197. The highest BCUT2D eigenvalue weighted by atomic mass is 16.5. The first-order chi connectivity index (χ1) is 13.1. The van der Waals surface area contributed by atoms with Crippen LogP contribution in [0.3, 0.4) is 0 Å². The number of hydrogen-bond acceptors (Lipinski definition) is 5. The van der Waals surface area contributed by atoms with Gasteiger partial charge in [0.15, 0.2) is 0 Å². The predicted molar refractivity (Wildman–Crippen MR) is 99.8 cm³/mol. The Morgan fingerprint density at radius 3 is 2.70 bits per heavy atom. The Kier molecular flexibility index (Phi) is 6.68. The average Bonchev–Trinajstić information content (AvgIpc) is 3.51. The number of hydrogen-bond donors (Lipinski definition) is 0. The number of carbonyl (C=O) groups is 2. The van der Waals surface area contributed by atoms with Crippen molar-refractivity contribution in [3.05, 3.63) is 29.8 Å². The summed E-state index contributed by atoms with van der Waals surface area (Å²) in [5.41, 5.74) is 0.559. The van der Waals surface area contributed by atoms with E-state index in [0.29, 0.717) is 50.0 Å². The van der Waals surface area contributed by atoms with Crippen LogP contribution in [0.1, 0.15) is 23.2 Å². The SMILES string of the molecule is COCC(=O)N1CCOC(CN(CC2CC2)C(=O)c2ccccc2OC)C1. The molecule has 7 heteroatoms. The molecule has 1 unspecified atom stereocenters. The van der Waals surface area contributed by atoms with E-state index in [0.717, 1.165) is 12.8 Å². The zero-order valence-corrected chi connectivity index (χ0v) is 16.1. The molecule has 2 fully saturated rings. The maximum absolute atomic E-state index is 13.2. The Balaban J connectivity index is 1.69. The van der Waals surface area contributed by atoms with Gasteiger partial charge in [-0.3, -0.25) is 9.59 Å². The van der Waals surface area contributed by atoms with Crippen molar-refractivity contribution >= 4 is 11.8 Å². The molecule has 3 rings (SSSR count). The first-order valence-corrected chi connectivity index (χ1v) is 9.43. The summed E-state index contributed by atoms with van der Waals surface area (Å²) in [5.74, 6) is 1.03. The Morgan fingerprint density at radius 2 is 2.00 bits per heavy atom. The molecule has 1 saturated carbocycles. The second kappa shape index (κ2) is 9.19. The van der Waals surface area contributed by atoms with Crippen LogP contribution in [0.5, 0.6) is 5.75 Å². The average molecular weight is 376 g/mol. The number of carbonyl (C=O) groups excluding carboxylic acids is 2. The number of rotatable bonds is 8. The molecule has 1 aliphatic carbocycles. The molecule has 1 heterocycles. The third kappa shape index (κ3) is 5.20. The number of para-hydroxylation sites is 1. The van der Waals surface area contributed by atoms with Crippen LogP contribution in [0.2, 0.25) is 0 Å². The summed E-state index contributed by atoms with van der Waals surface area (Å²) in [5, 5.41) is 0. The van der Waals surface area contributed by atoms with Gasteiger partial charge in [-0.25, -0.2) is 0 Å². The van der Waals surface area contributed by atoms with Gasteiger partial charge in [-0.15, -0.1) is 0 Å². The fourth-order valence-electron chi connectivity index (χ4n) is 3.36. The van der Waals surface area contributed by atoms with Crippen LogP contribution in [-0.2, 0) is 14.3 Å². The van der Waals surface area contributed by atoms with Crippen molar-refractivity contribution in [3.63, 3.8) is 0 Å². The van der Waals surface area contributed by atoms with Crippen LogP contribution in [0.15, 0.2) is 24.3 Å². The lowest BCUT2D eigenvalue weighted by Gasteiger charge is -2.36. The van der Waals surface area contributed by atoms with Crippen molar-refractivity contribution in [3.8, 4) is 5.75 Å². The van der Waals surface area contributed by atoms with Gasteiger partial charge in [0.2, 0.25) is 5.91 Å². The van der Waals surface area contributed by atoms with E-state index in [9.17, 15) is 9.59 Å². The predicted octanol–water partition coefficient (Wildman–Crippen LogP) is 1.42. The molecule has 1 saturated heterocycles. The lowest BCUT2D eigenvalue weighted by atomic mass is 10.1. The third-order valence-corrected chi connectivity index (χ3v) is 4.98. The first kappa shape index (κ1) is 19.6. The van der Waals surface area contributed by atoms with E-state index in [1.54, 1.807) is 24.1 Å². The number of methoxy groups -OCH3 is 2. The molecule has 1 atom stereocenters.